The van der Waals surface area contributed by atoms with Gasteiger partial charge in [-0.2, -0.15) is 0 Å². The zero-order valence-electron chi connectivity index (χ0n) is 41.1. The molecule has 10 heteroatoms. The van der Waals surface area contributed by atoms with Crippen molar-refractivity contribution in [2.45, 2.75) is 151 Å². The van der Waals surface area contributed by atoms with Crippen LogP contribution in [0.5, 0.6) is 0 Å². The summed E-state index contributed by atoms with van der Waals surface area (Å²) >= 11 is 0. The van der Waals surface area contributed by atoms with Crippen molar-refractivity contribution < 1.29 is 29.3 Å². The molecule has 2 aromatic rings. The predicted molar refractivity (Wildman–Crippen MR) is 260 cm³/mol. The van der Waals surface area contributed by atoms with E-state index in [1.165, 1.54) is 67.9 Å². The summed E-state index contributed by atoms with van der Waals surface area (Å²) in [5.74, 6) is 0.128. The van der Waals surface area contributed by atoms with Crippen LogP contribution < -0.4 is 21.3 Å². The van der Waals surface area contributed by atoms with Gasteiger partial charge in [-0.05, 0) is 130 Å². The number of aromatic nitrogens is 2. The summed E-state index contributed by atoms with van der Waals surface area (Å²) in [6, 6.07) is 0. The lowest BCUT2D eigenvalue weighted by atomic mass is 9.84. The van der Waals surface area contributed by atoms with E-state index in [1.54, 1.807) is 0 Å². The Kier molecular flexibility index (Phi) is 15.0. The number of hydrogen-bond acceptors (Lipinski definition) is 8. The number of rotatable bonds is 20. The van der Waals surface area contributed by atoms with Crippen LogP contribution in [0.3, 0.4) is 0 Å². The second-order valence-corrected chi connectivity index (χ2v) is 20.6. The van der Waals surface area contributed by atoms with Crippen LogP contribution in [0.1, 0.15) is 159 Å². The van der Waals surface area contributed by atoms with Crippen LogP contribution in [0.4, 0.5) is 0 Å². The van der Waals surface area contributed by atoms with Gasteiger partial charge in [0.05, 0.1) is 24.4 Å². The summed E-state index contributed by atoms with van der Waals surface area (Å²) in [4.78, 5) is 34.6. The minimum absolute atomic E-state index is 0.0381. The average Bonchev–Trinajstić information content (AvgIpc) is 3.74. The van der Waals surface area contributed by atoms with E-state index in [-0.39, 0.29) is 42.3 Å². The number of aromatic amines is 2. The van der Waals surface area contributed by atoms with E-state index in [1.807, 2.05) is 13.0 Å². The summed E-state index contributed by atoms with van der Waals surface area (Å²) in [6.07, 6.45) is 19.8. The van der Waals surface area contributed by atoms with Gasteiger partial charge in [-0.1, -0.05) is 85.3 Å². The molecule has 0 amide bonds. The van der Waals surface area contributed by atoms with Gasteiger partial charge in [0.25, 0.3) is 0 Å². The number of nitrogens with one attached hydrogen (secondary N) is 4. The molecule has 3 aliphatic heterocycles. The molecule has 354 valence electrons. The number of carbonyl (C=O) groups is 2. The minimum atomic E-state index is -1.11. The van der Waals surface area contributed by atoms with Gasteiger partial charge in [0, 0.05) is 75.4 Å². The average molecular weight is 891 g/mol. The van der Waals surface area contributed by atoms with Gasteiger partial charge in [0.1, 0.15) is 12.5 Å². The van der Waals surface area contributed by atoms with E-state index in [4.69, 9.17) is 9.47 Å². The van der Waals surface area contributed by atoms with Crippen molar-refractivity contribution in [3.8, 4) is 0 Å². The fraction of sp³-hybridized carbons (Fsp3) is 0.600. The zero-order valence-corrected chi connectivity index (χ0v) is 41.1. The molecule has 0 radical (unpaired) electrons. The molecule has 8 bridgehead atoms. The van der Waals surface area contributed by atoms with E-state index < -0.39 is 18.0 Å². The molecule has 6 N–H and O–H groups in total. The number of hydrogen-bond donors (Lipinski definition) is 6. The SMILES string of the molecule is C=C1[C@@H]2C(C)=C3/C=C4\N/C(=C5\c6[nH]c(c(C)c6[C@H](O)[C@@H]5C(=O)OC)/C=c5\[nH]/c(c(C)c5CC)=C\[C@@]12N3)[C@@H](CCC(=O)OC/C=C(/C)CCC[C@@H](C)CCC[C@H](C)CCC[C@@H](C)CO)[C@@H]4C. The number of methoxy groups -OCH3 is 1. The smallest absolute Gasteiger partial charge is 0.316 e. The second-order valence-electron chi connectivity index (χ2n) is 20.6. The van der Waals surface area contributed by atoms with Crippen LogP contribution in [0.15, 0.2) is 52.5 Å². The highest BCUT2D eigenvalue weighted by molar-refractivity contribution is 5.95. The quantitative estimate of drug-likeness (QED) is 0.0571. The third-order valence-electron chi connectivity index (χ3n) is 15.9. The molecule has 2 aliphatic carbocycles. The number of carbonyl (C=O) groups excluding carboxylic acids is 2. The maximum atomic E-state index is 13.7. The molecule has 1 saturated heterocycles. The number of fused-ring (bicyclic) bond motifs is 6. The first-order chi connectivity index (χ1) is 31.0. The van der Waals surface area contributed by atoms with Gasteiger partial charge in [-0.25, -0.2) is 0 Å². The monoisotopic (exact) mass is 891 g/mol. The number of allylic oxidation sites excluding steroid dienone is 4. The largest absolute Gasteiger partial charge is 0.468 e. The zero-order chi connectivity index (χ0) is 46.9. The molecule has 7 rings (SSSR count). The van der Waals surface area contributed by atoms with Crippen molar-refractivity contribution >= 4 is 29.7 Å². The lowest BCUT2D eigenvalue weighted by Gasteiger charge is -2.21. The van der Waals surface area contributed by atoms with Crippen molar-refractivity contribution in [2.24, 2.45) is 41.4 Å². The van der Waals surface area contributed by atoms with Gasteiger partial charge in [0.15, 0.2) is 0 Å². The number of ether oxygens (including phenoxy) is 2. The Morgan fingerprint density at radius 3 is 2.28 bits per heavy atom. The van der Waals surface area contributed by atoms with E-state index >= 15 is 0 Å². The van der Waals surface area contributed by atoms with Gasteiger partial charge in [-0.15, -0.1) is 0 Å². The summed E-state index contributed by atoms with van der Waals surface area (Å²) in [6.45, 7) is 24.7. The Bertz CT molecular complexity index is 2410. The van der Waals surface area contributed by atoms with Crippen molar-refractivity contribution in [2.75, 3.05) is 20.3 Å². The Hall–Kier alpha value is -4.54. The standard InChI is InChI=1S/C55H78N4O6/c1-12-39-34(6)45-28-55-38(10)50(55)37(9)43(59-55)26-41-35(7)40(51(57-41)48-49(54(63)64-11)53(62)47-36(8)42(58-52(47)48)27-44(39)56-45)22-23-46(61)65-25-24-32(4)20-14-18-30(2)16-13-17-31(3)19-15-21-33(5)29-60/h24,26-28,30-31,33,35,40,49-50,53,56-60,62H,10,12-23,25,29H2,1-9,11H3/b32-24-,41-26-,44-27-,45-28-,51-48-/t30-,31-,33+,35-,40-,49+,50-,53-,55+/m0/s1. The fourth-order valence-electron chi connectivity index (χ4n) is 11.6. The predicted octanol–water partition coefficient (Wildman–Crippen LogP) is 8.91. The second kappa shape index (κ2) is 20.1. The van der Waals surface area contributed by atoms with E-state index in [0.29, 0.717) is 36.0 Å². The van der Waals surface area contributed by atoms with Crippen molar-refractivity contribution in [1.29, 1.82) is 0 Å². The van der Waals surface area contributed by atoms with Crippen LogP contribution >= 0.6 is 0 Å². The number of aliphatic hydroxyl groups is 2. The summed E-state index contributed by atoms with van der Waals surface area (Å²) in [7, 11) is 1.37. The fourth-order valence-corrected chi connectivity index (χ4v) is 11.6. The van der Waals surface area contributed by atoms with Crippen LogP contribution in [0.2, 0.25) is 0 Å². The van der Waals surface area contributed by atoms with E-state index in [0.717, 1.165) is 81.9 Å². The highest BCUT2D eigenvalue weighted by Crippen LogP contribution is 2.60. The minimum Gasteiger partial charge on any atom is -0.468 e. The molecule has 5 heterocycles. The van der Waals surface area contributed by atoms with Crippen LogP contribution in [0.25, 0.3) is 17.7 Å². The first kappa shape index (κ1) is 48.4. The van der Waals surface area contributed by atoms with Gasteiger partial charge >= 0.3 is 11.9 Å². The van der Waals surface area contributed by atoms with Gasteiger partial charge in [0.2, 0.25) is 0 Å². The number of H-pyrrole nitrogens is 2. The lowest BCUT2D eigenvalue weighted by Crippen LogP contribution is -2.30. The van der Waals surface area contributed by atoms with E-state index in [9.17, 15) is 19.8 Å². The van der Waals surface area contributed by atoms with E-state index in [2.05, 4.69) is 101 Å². The molecule has 0 aromatic carbocycles. The lowest BCUT2D eigenvalue weighted by molar-refractivity contribution is -0.146. The van der Waals surface area contributed by atoms with Gasteiger partial charge in [-0.3, -0.25) is 9.59 Å². The summed E-state index contributed by atoms with van der Waals surface area (Å²) in [5, 5.41) is 31.0. The molecule has 1 spiro atoms. The summed E-state index contributed by atoms with van der Waals surface area (Å²) in [5.41, 5.74) is 12.4. The molecular weight excluding hydrogens is 813 g/mol. The third kappa shape index (κ3) is 9.67. The first-order valence-corrected chi connectivity index (χ1v) is 24.8. The Morgan fingerprint density at radius 2 is 1.62 bits per heavy atom. The number of aliphatic hydroxyl groups excluding tert-OH is 2. The Morgan fingerprint density at radius 1 is 0.938 bits per heavy atom. The molecule has 2 fully saturated rings. The third-order valence-corrected chi connectivity index (χ3v) is 15.9. The van der Waals surface area contributed by atoms with Crippen LogP contribution in [-0.4, -0.2) is 58.0 Å². The number of esters is 2. The maximum absolute atomic E-state index is 13.7. The molecule has 65 heavy (non-hydrogen) atoms. The van der Waals surface area contributed by atoms with Crippen molar-refractivity contribution in [3.63, 3.8) is 0 Å². The molecule has 9 atom stereocenters. The van der Waals surface area contributed by atoms with Gasteiger partial charge < -0.3 is 40.3 Å². The van der Waals surface area contributed by atoms with Crippen molar-refractivity contribution in [3.05, 3.63) is 96.9 Å². The molecule has 1 saturated carbocycles. The highest BCUT2D eigenvalue weighted by Gasteiger charge is 2.62. The molecule has 10 nitrogen and oxygen atoms in total. The first-order valence-electron chi connectivity index (χ1n) is 24.8. The topological polar surface area (TPSA) is 149 Å². The van der Waals surface area contributed by atoms with Crippen LogP contribution in [-0.2, 0) is 25.5 Å². The maximum Gasteiger partial charge on any atom is 0.316 e. The van der Waals surface area contributed by atoms with Crippen LogP contribution in [0, 0.1) is 55.3 Å². The molecule has 0 unspecified atom stereocenters. The molecule has 2 aromatic heterocycles. The molecule has 5 aliphatic rings. The summed E-state index contributed by atoms with van der Waals surface area (Å²) < 4.78 is 11.2. The highest BCUT2D eigenvalue weighted by atomic mass is 16.5. The normalized spacial score (nSPS) is 28.6. The Balaban J connectivity index is 1.07. The van der Waals surface area contributed by atoms with Crippen molar-refractivity contribution in [1.82, 2.24) is 20.6 Å². The Labute approximate surface area is 387 Å². The molecular formula is C55H78N4O6.